The van der Waals surface area contributed by atoms with Gasteiger partial charge in [-0.1, -0.05) is 30.3 Å². The maximum absolute atomic E-state index is 13.8. The van der Waals surface area contributed by atoms with Gasteiger partial charge in [0.05, 0.1) is 5.56 Å². The number of aromatic carboxylic acids is 1. The van der Waals surface area contributed by atoms with Crippen LogP contribution in [0.5, 0.6) is 0 Å². The molecule has 0 aliphatic heterocycles. The third-order valence-corrected chi connectivity index (χ3v) is 3.62. The first kappa shape index (κ1) is 15.2. The van der Waals surface area contributed by atoms with Crippen LogP contribution in [0.15, 0.2) is 48.5 Å². The van der Waals surface area contributed by atoms with Gasteiger partial charge in [-0.15, -0.1) is 0 Å². The van der Waals surface area contributed by atoms with Crippen molar-refractivity contribution in [1.29, 1.82) is 0 Å². The summed E-state index contributed by atoms with van der Waals surface area (Å²) in [5.41, 5.74) is 1.79. The Bertz CT molecular complexity index is 642. The van der Waals surface area contributed by atoms with E-state index in [0.29, 0.717) is 12.1 Å². The second kappa shape index (κ2) is 6.50. The zero-order chi connectivity index (χ0) is 15.4. The van der Waals surface area contributed by atoms with Crippen LogP contribution in [0.3, 0.4) is 0 Å². The third-order valence-electron chi connectivity index (χ3n) is 3.62. The van der Waals surface area contributed by atoms with E-state index in [1.54, 1.807) is 30.3 Å². The third kappa shape index (κ3) is 3.67. The number of carboxylic acids is 1. The van der Waals surface area contributed by atoms with Crippen molar-refractivity contribution in [1.82, 2.24) is 4.90 Å². The molecule has 0 aliphatic rings. The predicted octanol–water partition coefficient (Wildman–Crippen LogP) is 3.72. The molecule has 2 aromatic rings. The molecule has 0 bridgehead atoms. The van der Waals surface area contributed by atoms with Crippen molar-refractivity contribution in [2.24, 2.45) is 0 Å². The van der Waals surface area contributed by atoms with Crippen molar-refractivity contribution < 1.29 is 14.3 Å². The molecule has 1 atom stereocenters. The minimum atomic E-state index is -0.943. The number of nitrogens with zero attached hydrogens (tertiary/aromatic N) is 1. The molecule has 2 rings (SSSR count). The molecule has 0 aliphatic carbocycles. The Morgan fingerprint density at radius 3 is 2.62 bits per heavy atom. The van der Waals surface area contributed by atoms with Crippen molar-refractivity contribution in [3.63, 3.8) is 0 Å². The molecule has 4 heteroatoms. The van der Waals surface area contributed by atoms with Gasteiger partial charge in [0.2, 0.25) is 0 Å². The minimum Gasteiger partial charge on any atom is -0.478 e. The van der Waals surface area contributed by atoms with Gasteiger partial charge in [-0.3, -0.25) is 4.90 Å². The fraction of sp³-hybridized carbons (Fsp3) is 0.235. The van der Waals surface area contributed by atoms with E-state index in [9.17, 15) is 9.18 Å². The van der Waals surface area contributed by atoms with Crippen LogP contribution in [-0.4, -0.2) is 23.0 Å². The van der Waals surface area contributed by atoms with E-state index in [1.807, 2.05) is 31.0 Å². The highest BCUT2D eigenvalue weighted by Gasteiger charge is 2.15. The fourth-order valence-electron chi connectivity index (χ4n) is 2.28. The van der Waals surface area contributed by atoms with Crippen molar-refractivity contribution >= 4 is 5.97 Å². The van der Waals surface area contributed by atoms with Crippen LogP contribution in [-0.2, 0) is 6.54 Å². The Morgan fingerprint density at radius 1 is 1.24 bits per heavy atom. The number of hydrogen-bond donors (Lipinski definition) is 1. The summed E-state index contributed by atoms with van der Waals surface area (Å²) < 4.78 is 13.8. The Morgan fingerprint density at radius 2 is 1.95 bits per heavy atom. The Hall–Kier alpha value is -2.20. The van der Waals surface area contributed by atoms with E-state index in [-0.39, 0.29) is 17.4 Å². The molecular weight excluding hydrogens is 269 g/mol. The van der Waals surface area contributed by atoms with Gasteiger partial charge in [-0.25, -0.2) is 9.18 Å². The van der Waals surface area contributed by atoms with Gasteiger partial charge in [-0.05, 0) is 37.7 Å². The maximum Gasteiger partial charge on any atom is 0.335 e. The van der Waals surface area contributed by atoms with E-state index < -0.39 is 5.97 Å². The number of carbonyl (C=O) groups is 1. The summed E-state index contributed by atoms with van der Waals surface area (Å²) in [6, 6.07) is 13.4. The summed E-state index contributed by atoms with van der Waals surface area (Å²) in [6.45, 7) is 2.48. The molecule has 0 heterocycles. The zero-order valence-electron chi connectivity index (χ0n) is 12.1. The molecule has 0 spiro atoms. The summed E-state index contributed by atoms with van der Waals surface area (Å²) in [7, 11) is 1.89. The first-order valence-corrected chi connectivity index (χ1v) is 6.76. The van der Waals surface area contributed by atoms with Gasteiger partial charge >= 0.3 is 5.97 Å². The van der Waals surface area contributed by atoms with Crippen LogP contribution in [0, 0.1) is 5.82 Å². The molecule has 0 saturated carbocycles. The summed E-state index contributed by atoms with van der Waals surface area (Å²) in [5.74, 6) is -1.17. The number of rotatable bonds is 5. The van der Waals surface area contributed by atoms with Crippen molar-refractivity contribution in [2.75, 3.05) is 7.05 Å². The molecule has 1 unspecified atom stereocenters. The lowest BCUT2D eigenvalue weighted by Gasteiger charge is -2.25. The van der Waals surface area contributed by atoms with Crippen molar-refractivity contribution in [2.45, 2.75) is 19.5 Å². The predicted molar refractivity (Wildman–Crippen MR) is 79.7 cm³/mol. The van der Waals surface area contributed by atoms with Gasteiger partial charge < -0.3 is 5.11 Å². The number of hydrogen-bond acceptors (Lipinski definition) is 2. The maximum atomic E-state index is 13.8. The minimum absolute atomic E-state index is 0.0975. The van der Waals surface area contributed by atoms with Gasteiger partial charge in [0.15, 0.2) is 0 Å². The molecule has 110 valence electrons. The molecular formula is C17H18FNO2. The molecule has 0 amide bonds. The summed E-state index contributed by atoms with van der Waals surface area (Å²) in [4.78, 5) is 13.0. The summed E-state index contributed by atoms with van der Waals surface area (Å²) in [5, 5.41) is 9.00. The largest absolute Gasteiger partial charge is 0.478 e. The normalized spacial score (nSPS) is 12.4. The van der Waals surface area contributed by atoms with Gasteiger partial charge in [0, 0.05) is 18.2 Å². The standard InChI is InChI=1S/C17H18FNO2/c1-12(15-8-3-4-9-16(15)18)19(2)11-13-6-5-7-14(10-13)17(20)21/h3-10,12H,11H2,1-2H3,(H,20,21). The second-order valence-electron chi connectivity index (χ2n) is 5.12. The Labute approximate surface area is 123 Å². The Kier molecular flexibility index (Phi) is 4.70. The van der Waals surface area contributed by atoms with E-state index >= 15 is 0 Å². The Balaban J connectivity index is 2.14. The van der Waals surface area contributed by atoms with Crippen LogP contribution >= 0.6 is 0 Å². The lowest BCUT2D eigenvalue weighted by Crippen LogP contribution is -2.22. The molecule has 21 heavy (non-hydrogen) atoms. The molecule has 3 nitrogen and oxygen atoms in total. The monoisotopic (exact) mass is 287 g/mol. The van der Waals surface area contributed by atoms with Crippen LogP contribution in [0.2, 0.25) is 0 Å². The molecule has 1 N–H and O–H groups in total. The van der Waals surface area contributed by atoms with Crippen molar-refractivity contribution in [3.05, 3.63) is 71.0 Å². The average Bonchev–Trinajstić information content (AvgIpc) is 2.47. The van der Waals surface area contributed by atoms with Crippen LogP contribution in [0.4, 0.5) is 4.39 Å². The second-order valence-corrected chi connectivity index (χ2v) is 5.12. The van der Waals surface area contributed by atoms with Crippen molar-refractivity contribution in [3.8, 4) is 0 Å². The molecule has 0 fully saturated rings. The molecule has 2 aromatic carbocycles. The van der Waals surface area contributed by atoms with E-state index in [2.05, 4.69) is 0 Å². The summed E-state index contributed by atoms with van der Waals surface area (Å²) >= 11 is 0. The van der Waals surface area contributed by atoms with Crippen LogP contribution in [0.25, 0.3) is 0 Å². The highest BCUT2D eigenvalue weighted by atomic mass is 19.1. The lowest BCUT2D eigenvalue weighted by molar-refractivity contribution is 0.0696. The van der Waals surface area contributed by atoms with Gasteiger partial charge in [-0.2, -0.15) is 0 Å². The average molecular weight is 287 g/mol. The van der Waals surface area contributed by atoms with Gasteiger partial charge in [0.25, 0.3) is 0 Å². The molecule has 0 radical (unpaired) electrons. The van der Waals surface area contributed by atoms with E-state index in [1.165, 1.54) is 6.07 Å². The number of halogens is 1. The smallest absolute Gasteiger partial charge is 0.335 e. The molecule has 0 saturated heterocycles. The summed E-state index contributed by atoms with van der Waals surface area (Å²) in [6.07, 6.45) is 0. The first-order chi connectivity index (χ1) is 9.99. The lowest BCUT2D eigenvalue weighted by atomic mass is 10.1. The topological polar surface area (TPSA) is 40.5 Å². The van der Waals surface area contributed by atoms with Crippen LogP contribution in [0.1, 0.15) is 34.5 Å². The van der Waals surface area contributed by atoms with E-state index in [0.717, 1.165) is 5.56 Å². The number of benzene rings is 2. The number of carboxylic acid groups (broad SMARTS) is 1. The first-order valence-electron chi connectivity index (χ1n) is 6.76. The highest BCUT2D eigenvalue weighted by molar-refractivity contribution is 5.87. The van der Waals surface area contributed by atoms with Gasteiger partial charge in [0.1, 0.15) is 5.82 Å². The SMILES string of the molecule is CC(c1ccccc1F)N(C)Cc1cccc(C(=O)O)c1. The van der Waals surface area contributed by atoms with Crippen LogP contribution < -0.4 is 0 Å². The van der Waals surface area contributed by atoms with E-state index in [4.69, 9.17) is 5.11 Å². The highest BCUT2D eigenvalue weighted by Crippen LogP contribution is 2.23. The quantitative estimate of drug-likeness (QED) is 0.911. The fourth-order valence-corrected chi connectivity index (χ4v) is 2.28. The molecule has 0 aromatic heterocycles. The zero-order valence-corrected chi connectivity index (χ0v) is 12.1.